The number of alkyl halides is 3. The highest BCUT2D eigenvalue weighted by atomic mass is 19.4. The zero-order chi connectivity index (χ0) is 18.9. The molecule has 1 amide bonds. The molecule has 136 valence electrons. The number of aromatic nitrogens is 2. The molecule has 0 aliphatic heterocycles. The second-order valence-corrected chi connectivity index (χ2v) is 6.24. The second-order valence-electron chi connectivity index (χ2n) is 6.24. The van der Waals surface area contributed by atoms with Crippen molar-refractivity contribution in [1.82, 2.24) is 14.5 Å². The lowest BCUT2D eigenvalue weighted by Gasteiger charge is -2.19. The highest BCUT2D eigenvalue weighted by Crippen LogP contribution is 2.31. The molecular formula is C19H18F3N3O. The van der Waals surface area contributed by atoms with E-state index in [1.54, 1.807) is 19.2 Å². The highest BCUT2D eigenvalue weighted by molar-refractivity contribution is 5.81. The van der Waals surface area contributed by atoms with Crippen LogP contribution >= 0.6 is 0 Å². The van der Waals surface area contributed by atoms with Crippen LogP contribution in [0.3, 0.4) is 0 Å². The first-order valence-corrected chi connectivity index (χ1v) is 8.07. The van der Waals surface area contributed by atoms with Gasteiger partial charge >= 0.3 is 6.18 Å². The van der Waals surface area contributed by atoms with E-state index < -0.39 is 24.5 Å². The van der Waals surface area contributed by atoms with Gasteiger partial charge in [-0.2, -0.15) is 13.2 Å². The molecule has 0 bridgehead atoms. The predicted octanol–water partition coefficient (Wildman–Crippen LogP) is 4.02. The molecule has 0 fully saturated rings. The first-order valence-electron chi connectivity index (χ1n) is 8.07. The lowest BCUT2D eigenvalue weighted by molar-refractivity contribution is -0.148. The Morgan fingerprint density at radius 2 is 1.77 bits per heavy atom. The number of halogens is 3. The van der Waals surface area contributed by atoms with Gasteiger partial charge in [0.25, 0.3) is 0 Å². The Morgan fingerprint density at radius 3 is 2.42 bits per heavy atom. The molecule has 0 saturated heterocycles. The zero-order valence-electron chi connectivity index (χ0n) is 14.4. The van der Waals surface area contributed by atoms with Crippen LogP contribution in [0.2, 0.25) is 0 Å². The lowest BCUT2D eigenvalue weighted by Crippen LogP contribution is -2.31. The van der Waals surface area contributed by atoms with E-state index in [4.69, 9.17) is 0 Å². The van der Waals surface area contributed by atoms with Crippen molar-refractivity contribution in [3.63, 3.8) is 0 Å². The summed E-state index contributed by atoms with van der Waals surface area (Å²) in [6.45, 7) is 1.87. The first-order chi connectivity index (χ1) is 12.3. The van der Waals surface area contributed by atoms with Crippen molar-refractivity contribution in [3.05, 3.63) is 65.5 Å². The number of benzene rings is 2. The molecule has 1 heterocycles. The number of aryl methyl sites for hydroxylation is 1. The normalized spacial score (nSPS) is 11.7. The summed E-state index contributed by atoms with van der Waals surface area (Å²) >= 11 is 0. The third-order valence-corrected chi connectivity index (χ3v) is 4.17. The summed E-state index contributed by atoms with van der Waals surface area (Å²) in [4.78, 5) is 17.6. The van der Waals surface area contributed by atoms with Crippen LogP contribution in [0.25, 0.3) is 11.0 Å². The maximum absolute atomic E-state index is 13.3. The predicted molar refractivity (Wildman–Crippen MR) is 92.4 cm³/mol. The first kappa shape index (κ1) is 18.0. The van der Waals surface area contributed by atoms with Crippen LogP contribution in [0, 0.1) is 6.92 Å². The van der Waals surface area contributed by atoms with Gasteiger partial charge in [-0.15, -0.1) is 0 Å². The van der Waals surface area contributed by atoms with Crippen LogP contribution in [0.5, 0.6) is 0 Å². The SMILES string of the molecule is Cc1ccc(CN(C)C(=O)Cn2c(C(F)(F)F)nc3ccccc32)cc1. The number of rotatable bonds is 4. The van der Waals surface area contributed by atoms with Gasteiger partial charge < -0.3 is 9.47 Å². The van der Waals surface area contributed by atoms with Crippen molar-refractivity contribution in [3.8, 4) is 0 Å². The molecule has 0 aliphatic carbocycles. The maximum atomic E-state index is 13.3. The number of imidazole rings is 1. The van der Waals surface area contributed by atoms with Gasteiger partial charge in [-0.1, -0.05) is 42.0 Å². The van der Waals surface area contributed by atoms with Crippen molar-refractivity contribution in [2.75, 3.05) is 7.05 Å². The number of carbonyl (C=O) groups is 1. The summed E-state index contributed by atoms with van der Waals surface area (Å²) in [6, 6.07) is 13.9. The minimum absolute atomic E-state index is 0.216. The van der Waals surface area contributed by atoms with Gasteiger partial charge in [-0.05, 0) is 24.6 Å². The second kappa shape index (κ2) is 6.82. The molecule has 0 N–H and O–H groups in total. The van der Waals surface area contributed by atoms with Gasteiger partial charge in [0.2, 0.25) is 11.7 Å². The third-order valence-electron chi connectivity index (χ3n) is 4.17. The monoisotopic (exact) mass is 361 g/mol. The Balaban J connectivity index is 1.85. The number of nitrogens with zero attached hydrogens (tertiary/aromatic N) is 3. The molecule has 0 spiro atoms. The van der Waals surface area contributed by atoms with E-state index >= 15 is 0 Å². The van der Waals surface area contributed by atoms with Crippen molar-refractivity contribution < 1.29 is 18.0 Å². The third kappa shape index (κ3) is 3.71. The van der Waals surface area contributed by atoms with Crippen molar-refractivity contribution in [1.29, 1.82) is 0 Å². The fourth-order valence-corrected chi connectivity index (χ4v) is 2.76. The number of fused-ring (bicyclic) bond motifs is 1. The number of hydrogen-bond acceptors (Lipinski definition) is 2. The van der Waals surface area contributed by atoms with E-state index in [1.807, 2.05) is 31.2 Å². The number of para-hydroxylation sites is 2. The molecular weight excluding hydrogens is 343 g/mol. The van der Waals surface area contributed by atoms with Gasteiger partial charge in [0.15, 0.2) is 0 Å². The Morgan fingerprint density at radius 1 is 1.12 bits per heavy atom. The molecule has 0 radical (unpaired) electrons. The topological polar surface area (TPSA) is 38.1 Å². The quantitative estimate of drug-likeness (QED) is 0.704. The standard InChI is InChI=1S/C19H18F3N3O/c1-13-7-9-14(10-8-13)11-24(2)17(26)12-25-16-6-4-3-5-15(16)23-18(25)19(20,21)22/h3-10H,11-12H2,1-2H3. The minimum atomic E-state index is -4.63. The van der Waals surface area contributed by atoms with E-state index in [1.165, 1.54) is 17.0 Å². The summed E-state index contributed by atoms with van der Waals surface area (Å²) in [7, 11) is 1.58. The Bertz CT molecular complexity index is 929. The molecule has 0 atom stereocenters. The van der Waals surface area contributed by atoms with E-state index in [9.17, 15) is 18.0 Å². The number of likely N-dealkylation sites (N-methyl/N-ethyl adjacent to an activating group) is 1. The Kier molecular flexibility index (Phi) is 4.71. The van der Waals surface area contributed by atoms with Crippen LogP contribution in [0.1, 0.15) is 17.0 Å². The summed E-state index contributed by atoms with van der Waals surface area (Å²) in [6.07, 6.45) is -4.63. The van der Waals surface area contributed by atoms with Gasteiger partial charge in [0.1, 0.15) is 6.54 Å². The fraction of sp³-hybridized carbons (Fsp3) is 0.263. The van der Waals surface area contributed by atoms with Crippen LogP contribution in [-0.2, 0) is 24.1 Å². The number of amides is 1. The Hall–Kier alpha value is -2.83. The average molecular weight is 361 g/mol. The van der Waals surface area contributed by atoms with Crippen molar-refractivity contribution >= 4 is 16.9 Å². The summed E-state index contributed by atoms with van der Waals surface area (Å²) in [5.74, 6) is -1.48. The highest BCUT2D eigenvalue weighted by Gasteiger charge is 2.38. The molecule has 7 heteroatoms. The summed E-state index contributed by atoms with van der Waals surface area (Å²) in [5.41, 5.74) is 2.52. The lowest BCUT2D eigenvalue weighted by atomic mass is 10.1. The summed E-state index contributed by atoms with van der Waals surface area (Å²) in [5, 5.41) is 0. The van der Waals surface area contributed by atoms with Crippen LogP contribution in [-0.4, -0.2) is 27.4 Å². The van der Waals surface area contributed by atoms with E-state index in [0.29, 0.717) is 6.54 Å². The molecule has 1 aromatic heterocycles. The molecule has 3 aromatic rings. The molecule has 0 unspecified atom stereocenters. The van der Waals surface area contributed by atoms with Crippen molar-refractivity contribution in [2.24, 2.45) is 0 Å². The molecule has 26 heavy (non-hydrogen) atoms. The zero-order valence-corrected chi connectivity index (χ0v) is 14.4. The molecule has 4 nitrogen and oxygen atoms in total. The maximum Gasteiger partial charge on any atom is 0.449 e. The van der Waals surface area contributed by atoms with Crippen LogP contribution in [0.4, 0.5) is 13.2 Å². The molecule has 2 aromatic carbocycles. The van der Waals surface area contributed by atoms with Gasteiger partial charge in [0.05, 0.1) is 11.0 Å². The van der Waals surface area contributed by atoms with E-state index in [0.717, 1.165) is 15.7 Å². The van der Waals surface area contributed by atoms with Crippen LogP contribution in [0.15, 0.2) is 48.5 Å². The fourth-order valence-electron chi connectivity index (χ4n) is 2.76. The average Bonchev–Trinajstić information content (AvgIpc) is 2.96. The van der Waals surface area contributed by atoms with Gasteiger partial charge in [-0.3, -0.25) is 4.79 Å². The smallest absolute Gasteiger partial charge is 0.340 e. The van der Waals surface area contributed by atoms with Crippen molar-refractivity contribution in [2.45, 2.75) is 26.2 Å². The number of carbonyl (C=O) groups excluding carboxylic acids is 1. The Labute approximate surface area is 148 Å². The van der Waals surface area contributed by atoms with E-state index in [-0.39, 0.29) is 11.0 Å². The molecule has 0 saturated carbocycles. The molecule has 3 rings (SSSR count). The number of hydrogen-bond donors (Lipinski definition) is 0. The van der Waals surface area contributed by atoms with E-state index in [2.05, 4.69) is 4.98 Å². The largest absolute Gasteiger partial charge is 0.449 e. The van der Waals surface area contributed by atoms with Crippen LogP contribution < -0.4 is 0 Å². The van der Waals surface area contributed by atoms with Gasteiger partial charge in [-0.25, -0.2) is 4.98 Å². The van der Waals surface area contributed by atoms with Gasteiger partial charge in [0, 0.05) is 13.6 Å². The summed E-state index contributed by atoms with van der Waals surface area (Å²) < 4.78 is 40.9. The molecule has 0 aliphatic rings. The minimum Gasteiger partial charge on any atom is -0.340 e.